The Bertz CT molecular complexity index is 391. The van der Waals surface area contributed by atoms with E-state index in [9.17, 15) is 4.79 Å². The van der Waals surface area contributed by atoms with Gasteiger partial charge in [-0.2, -0.15) is 0 Å². The Morgan fingerprint density at radius 1 is 1.65 bits per heavy atom. The summed E-state index contributed by atoms with van der Waals surface area (Å²) in [4.78, 5) is 12.8. The molecule has 6 nitrogen and oxygen atoms in total. The Balaban J connectivity index is 1.76. The van der Waals surface area contributed by atoms with Gasteiger partial charge in [0.2, 0.25) is 0 Å². The summed E-state index contributed by atoms with van der Waals surface area (Å²) in [6, 6.07) is 0. The second-order valence-corrected chi connectivity index (χ2v) is 4.71. The van der Waals surface area contributed by atoms with Crippen molar-refractivity contribution in [3.63, 3.8) is 0 Å². The minimum absolute atomic E-state index is 0.281. The predicted molar refractivity (Wildman–Crippen MR) is 61.3 cm³/mol. The van der Waals surface area contributed by atoms with Crippen LogP contribution in [-0.2, 0) is 18.4 Å². The van der Waals surface area contributed by atoms with E-state index in [1.165, 1.54) is 0 Å². The predicted octanol–water partition coefficient (Wildman–Crippen LogP) is 0.502. The first-order chi connectivity index (χ1) is 8.13. The van der Waals surface area contributed by atoms with Gasteiger partial charge in [0, 0.05) is 32.8 Å². The van der Waals surface area contributed by atoms with Crippen molar-refractivity contribution in [1.82, 2.24) is 19.9 Å². The van der Waals surface area contributed by atoms with Crippen molar-refractivity contribution < 1.29 is 9.90 Å². The van der Waals surface area contributed by atoms with E-state index in [1.54, 1.807) is 4.68 Å². The Labute approximate surface area is 100 Å². The molecular formula is C11H18N4O2. The number of aromatic nitrogens is 3. The lowest BCUT2D eigenvalue weighted by molar-refractivity contribution is -0.137. The first kappa shape index (κ1) is 12.0. The molecule has 94 valence electrons. The molecule has 1 N–H and O–H groups in total. The summed E-state index contributed by atoms with van der Waals surface area (Å²) in [6.45, 7) is 2.82. The molecule has 2 heterocycles. The van der Waals surface area contributed by atoms with Gasteiger partial charge in [-0.25, -0.2) is 0 Å². The van der Waals surface area contributed by atoms with E-state index in [1.807, 2.05) is 13.2 Å². The molecule has 0 aromatic carbocycles. The molecule has 1 unspecified atom stereocenters. The molecule has 0 spiro atoms. The topological polar surface area (TPSA) is 71.2 Å². The van der Waals surface area contributed by atoms with Crippen molar-refractivity contribution in [1.29, 1.82) is 0 Å². The zero-order chi connectivity index (χ0) is 12.3. The fourth-order valence-corrected chi connectivity index (χ4v) is 2.32. The lowest BCUT2D eigenvalue weighted by atomic mass is 10.0. The second-order valence-electron chi connectivity index (χ2n) is 4.71. The Morgan fingerprint density at radius 3 is 3.12 bits per heavy atom. The van der Waals surface area contributed by atoms with Crippen molar-refractivity contribution in [3.05, 3.63) is 11.9 Å². The van der Waals surface area contributed by atoms with Gasteiger partial charge >= 0.3 is 5.97 Å². The van der Waals surface area contributed by atoms with Gasteiger partial charge in [-0.15, -0.1) is 5.10 Å². The highest BCUT2D eigenvalue weighted by molar-refractivity contribution is 5.66. The van der Waals surface area contributed by atoms with Crippen LogP contribution < -0.4 is 0 Å². The average molecular weight is 238 g/mol. The zero-order valence-electron chi connectivity index (χ0n) is 10.0. The third kappa shape index (κ3) is 3.52. The van der Waals surface area contributed by atoms with Gasteiger partial charge < -0.3 is 5.11 Å². The minimum atomic E-state index is -0.697. The molecule has 1 aliphatic rings. The number of hydrogen-bond donors (Lipinski definition) is 1. The quantitative estimate of drug-likeness (QED) is 0.809. The number of likely N-dealkylation sites (tertiary alicyclic amines) is 1. The summed E-state index contributed by atoms with van der Waals surface area (Å²) in [7, 11) is 1.86. The van der Waals surface area contributed by atoms with E-state index in [0.29, 0.717) is 5.92 Å². The van der Waals surface area contributed by atoms with Crippen LogP contribution in [0.5, 0.6) is 0 Å². The van der Waals surface area contributed by atoms with Gasteiger partial charge in [-0.3, -0.25) is 14.4 Å². The van der Waals surface area contributed by atoms with Crippen LogP contribution in [0.2, 0.25) is 0 Å². The van der Waals surface area contributed by atoms with E-state index in [0.717, 1.165) is 38.2 Å². The van der Waals surface area contributed by atoms with Crippen LogP contribution in [0.4, 0.5) is 0 Å². The molecule has 0 amide bonds. The number of nitrogens with zero attached hydrogens (tertiary/aromatic N) is 4. The maximum atomic E-state index is 10.5. The molecule has 17 heavy (non-hydrogen) atoms. The minimum Gasteiger partial charge on any atom is -0.481 e. The lowest BCUT2D eigenvalue weighted by Crippen LogP contribution is -2.20. The highest BCUT2D eigenvalue weighted by Crippen LogP contribution is 2.22. The van der Waals surface area contributed by atoms with Crippen molar-refractivity contribution in [2.24, 2.45) is 13.0 Å². The fourth-order valence-electron chi connectivity index (χ4n) is 2.32. The van der Waals surface area contributed by atoms with E-state index in [2.05, 4.69) is 15.2 Å². The largest absolute Gasteiger partial charge is 0.481 e. The highest BCUT2D eigenvalue weighted by atomic mass is 16.4. The van der Waals surface area contributed by atoms with Crippen molar-refractivity contribution in [2.75, 3.05) is 13.1 Å². The number of carboxylic acids is 1. The second kappa shape index (κ2) is 5.27. The van der Waals surface area contributed by atoms with Gasteiger partial charge in [0.05, 0.1) is 5.69 Å². The number of aliphatic carboxylic acids is 1. The molecule has 1 aromatic rings. The molecule has 2 rings (SSSR count). The first-order valence-corrected chi connectivity index (χ1v) is 5.93. The van der Waals surface area contributed by atoms with Crippen molar-refractivity contribution in [3.8, 4) is 0 Å². The molecule has 0 bridgehead atoms. The number of rotatable bonds is 5. The fraction of sp³-hybridized carbons (Fsp3) is 0.727. The summed E-state index contributed by atoms with van der Waals surface area (Å²) in [5, 5.41) is 16.6. The molecule has 1 fully saturated rings. The van der Waals surface area contributed by atoms with Crippen LogP contribution in [0.1, 0.15) is 25.0 Å². The Kier molecular flexibility index (Phi) is 3.73. The summed E-state index contributed by atoms with van der Waals surface area (Å²) in [6.07, 6.45) is 4.08. The Hall–Kier alpha value is -1.43. The summed E-state index contributed by atoms with van der Waals surface area (Å²) < 4.78 is 1.70. The van der Waals surface area contributed by atoms with Crippen molar-refractivity contribution >= 4 is 5.97 Å². The summed E-state index contributed by atoms with van der Waals surface area (Å²) in [5.74, 6) is -0.180. The SMILES string of the molecule is Cn1cc(CN2CCC(CCC(=O)O)C2)nn1. The van der Waals surface area contributed by atoms with E-state index in [4.69, 9.17) is 5.11 Å². The highest BCUT2D eigenvalue weighted by Gasteiger charge is 2.23. The van der Waals surface area contributed by atoms with Crippen LogP contribution in [0.15, 0.2) is 6.20 Å². The Morgan fingerprint density at radius 2 is 2.47 bits per heavy atom. The maximum absolute atomic E-state index is 10.5. The molecular weight excluding hydrogens is 220 g/mol. The van der Waals surface area contributed by atoms with Crippen LogP contribution in [0.3, 0.4) is 0 Å². The van der Waals surface area contributed by atoms with Crippen LogP contribution in [-0.4, -0.2) is 44.1 Å². The smallest absolute Gasteiger partial charge is 0.303 e. The van der Waals surface area contributed by atoms with Crippen LogP contribution in [0.25, 0.3) is 0 Å². The summed E-state index contributed by atoms with van der Waals surface area (Å²) in [5.41, 5.74) is 0.978. The molecule has 1 saturated heterocycles. The molecule has 0 aliphatic carbocycles. The van der Waals surface area contributed by atoms with Gasteiger partial charge in [-0.05, 0) is 25.3 Å². The van der Waals surface area contributed by atoms with E-state index < -0.39 is 5.97 Å². The van der Waals surface area contributed by atoms with Crippen LogP contribution >= 0.6 is 0 Å². The average Bonchev–Trinajstić information content (AvgIpc) is 2.86. The van der Waals surface area contributed by atoms with Gasteiger partial charge in [0.25, 0.3) is 0 Å². The number of hydrogen-bond acceptors (Lipinski definition) is 4. The van der Waals surface area contributed by atoms with Crippen molar-refractivity contribution in [2.45, 2.75) is 25.8 Å². The van der Waals surface area contributed by atoms with Gasteiger partial charge in [0.1, 0.15) is 0 Å². The molecule has 0 saturated carbocycles. The standard InChI is InChI=1S/C11H18N4O2/c1-14-7-10(12-13-14)8-15-5-4-9(6-15)2-3-11(16)17/h7,9H,2-6,8H2,1H3,(H,16,17). The maximum Gasteiger partial charge on any atom is 0.303 e. The van der Waals surface area contributed by atoms with Crippen LogP contribution in [0, 0.1) is 5.92 Å². The molecule has 1 atom stereocenters. The summed E-state index contributed by atoms with van der Waals surface area (Å²) >= 11 is 0. The normalized spacial score (nSPS) is 20.9. The molecule has 1 aliphatic heterocycles. The monoisotopic (exact) mass is 238 g/mol. The number of aryl methyl sites for hydroxylation is 1. The number of carboxylic acid groups (broad SMARTS) is 1. The number of carbonyl (C=O) groups is 1. The zero-order valence-corrected chi connectivity index (χ0v) is 10.0. The molecule has 1 aromatic heterocycles. The van der Waals surface area contributed by atoms with Gasteiger partial charge in [-0.1, -0.05) is 5.21 Å². The molecule has 0 radical (unpaired) electrons. The van der Waals surface area contributed by atoms with Gasteiger partial charge in [0.15, 0.2) is 0 Å². The first-order valence-electron chi connectivity index (χ1n) is 5.93. The van der Waals surface area contributed by atoms with E-state index in [-0.39, 0.29) is 6.42 Å². The lowest BCUT2D eigenvalue weighted by Gasteiger charge is -2.13. The molecule has 6 heteroatoms. The van der Waals surface area contributed by atoms with E-state index >= 15 is 0 Å². The third-order valence-electron chi connectivity index (χ3n) is 3.17. The third-order valence-corrected chi connectivity index (χ3v) is 3.17.